The zero-order chi connectivity index (χ0) is 9.90. The molecule has 78 valence electrons. The first-order valence-corrected chi connectivity index (χ1v) is 4.88. The first-order chi connectivity index (χ1) is 5.97. The fourth-order valence-corrected chi connectivity index (χ4v) is 1.19. The minimum atomic E-state index is -0.0653. The van der Waals surface area contributed by atoms with Crippen LogP contribution in [-0.2, 0) is 14.2 Å². The van der Waals surface area contributed by atoms with Gasteiger partial charge in [0.1, 0.15) is 0 Å². The molecule has 13 heavy (non-hydrogen) atoms. The molecule has 2 atom stereocenters. The number of ether oxygens (including phenoxy) is 3. The van der Waals surface area contributed by atoms with Crippen molar-refractivity contribution in [2.45, 2.75) is 52.1 Å². The molecule has 0 aromatic heterocycles. The molecule has 0 aromatic carbocycles. The summed E-state index contributed by atoms with van der Waals surface area (Å²) in [6.07, 6.45) is 0.999. The molecule has 3 heteroatoms. The van der Waals surface area contributed by atoms with Gasteiger partial charge in [-0.2, -0.15) is 0 Å². The van der Waals surface area contributed by atoms with E-state index in [0.29, 0.717) is 13.2 Å². The van der Waals surface area contributed by atoms with Crippen LogP contribution in [0, 0.1) is 0 Å². The third-order valence-electron chi connectivity index (χ3n) is 1.79. The smallest absolute Gasteiger partial charge is 0.160 e. The van der Waals surface area contributed by atoms with Crippen LogP contribution in [-0.4, -0.2) is 31.2 Å². The summed E-state index contributed by atoms with van der Waals surface area (Å²) >= 11 is 0. The molecule has 0 amide bonds. The van der Waals surface area contributed by atoms with E-state index in [4.69, 9.17) is 14.2 Å². The fraction of sp³-hybridized carbons (Fsp3) is 1.00. The summed E-state index contributed by atoms with van der Waals surface area (Å²) in [6.45, 7) is 9.57. The Morgan fingerprint density at radius 3 is 2.54 bits per heavy atom. The number of hydrogen-bond acceptors (Lipinski definition) is 3. The van der Waals surface area contributed by atoms with Gasteiger partial charge in [-0.15, -0.1) is 0 Å². The van der Waals surface area contributed by atoms with Gasteiger partial charge < -0.3 is 14.2 Å². The van der Waals surface area contributed by atoms with Gasteiger partial charge in [-0.3, -0.25) is 0 Å². The molecule has 3 nitrogen and oxygen atoms in total. The van der Waals surface area contributed by atoms with Gasteiger partial charge >= 0.3 is 0 Å². The maximum atomic E-state index is 5.57. The molecule has 1 rings (SSSR count). The zero-order valence-electron chi connectivity index (χ0n) is 9.00. The largest absolute Gasteiger partial charge is 0.376 e. The molecule has 0 radical (unpaired) electrons. The number of hydrogen-bond donors (Lipinski definition) is 0. The van der Waals surface area contributed by atoms with Crippen molar-refractivity contribution >= 4 is 0 Å². The second-order valence-electron chi connectivity index (χ2n) is 4.46. The Balaban J connectivity index is 2.07. The minimum absolute atomic E-state index is 0.0580. The lowest BCUT2D eigenvalue weighted by atomic mass is 10.2. The lowest BCUT2D eigenvalue weighted by molar-refractivity contribution is -0.0893. The molecular formula is C10H20O3. The van der Waals surface area contributed by atoms with Gasteiger partial charge in [-0.1, -0.05) is 0 Å². The Morgan fingerprint density at radius 2 is 2.08 bits per heavy atom. The van der Waals surface area contributed by atoms with Gasteiger partial charge in [-0.05, 0) is 27.7 Å². The Kier molecular flexibility index (Phi) is 3.71. The van der Waals surface area contributed by atoms with Crippen molar-refractivity contribution in [2.24, 2.45) is 0 Å². The van der Waals surface area contributed by atoms with E-state index in [2.05, 4.69) is 0 Å². The average molecular weight is 188 g/mol. The predicted molar refractivity (Wildman–Crippen MR) is 50.6 cm³/mol. The zero-order valence-corrected chi connectivity index (χ0v) is 9.00. The van der Waals surface area contributed by atoms with E-state index in [9.17, 15) is 0 Å². The quantitative estimate of drug-likeness (QED) is 0.677. The second kappa shape index (κ2) is 4.40. The van der Waals surface area contributed by atoms with Crippen LogP contribution in [0.5, 0.6) is 0 Å². The van der Waals surface area contributed by atoms with Gasteiger partial charge in [0.05, 0.1) is 24.9 Å². The van der Waals surface area contributed by atoms with E-state index in [1.807, 2.05) is 27.7 Å². The van der Waals surface area contributed by atoms with Crippen LogP contribution in [0.3, 0.4) is 0 Å². The van der Waals surface area contributed by atoms with E-state index < -0.39 is 0 Å². The lowest BCUT2D eigenvalue weighted by Crippen LogP contribution is -2.22. The maximum absolute atomic E-state index is 5.57. The van der Waals surface area contributed by atoms with E-state index in [-0.39, 0.29) is 18.0 Å². The first kappa shape index (κ1) is 11.0. The van der Waals surface area contributed by atoms with Crippen molar-refractivity contribution in [2.75, 3.05) is 13.2 Å². The normalized spacial score (nSPS) is 29.5. The van der Waals surface area contributed by atoms with Crippen LogP contribution < -0.4 is 0 Å². The molecule has 0 saturated carbocycles. The Labute approximate surface area is 80.4 Å². The summed E-state index contributed by atoms with van der Waals surface area (Å²) in [5.41, 5.74) is -0.0653. The highest BCUT2D eigenvalue weighted by Gasteiger charge is 2.22. The van der Waals surface area contributed by atoms with Crippen molar-refractivity contribution in [3.63, 3.8) is 0 Å². The highest BCUT2D eigenvalue weighted by molar-refractivity contribution is 4.62. The molecule has 1 aliphatic heterocycles. The SMILES string of the molecule is C[C@H]1CO[C@@H](CCOC(C)(C)C)O1. The van der Waals surface area contributed by atoms with Gasteiger partial charge in [0.15, 0.2) is 6.29 Å². The van der Waals surface area contributed by atoms with Crippen molar-refractivity contribution in [1.29, 1.82) is 0 Å². The van der Waals surface area contributed by atoms with Crippen LogP contribution >= 0.6 is 0 Å². The molecule has 1 saturated heterocycles. The van der Waals surface area contributed by atoms with Crippen molar-refractivity contribution in [3.8, 4) is 0 Å². The third-order valence-corrected chi connectivity index (χ3v) is 1.79. The van der Waals surface area contributed by atoms with Crippen molar-refractivity contribution in [1.82, 2.24) is 0 Å². The molecule has 1 aliphatic rings. The van der Waals surface area contributed by atoms with Gasteiger partial charge in [0.2, 0.25) is 0 Å². The summed E-state index contributed by atoms with van der Waals surface area (Å²) in [7, 11) is 0. The average Bonchev–Trinajstić information content (AvgIpc) is 2.33. The molecule has 0 bridgehead atoms. The fourth-order valence-electron chi connectivity index (χ4n) is 1.19. The Bertz CT molecular complexity index is 151. The Hall–Kier alpha value is -0.120. The molecule has 0 aromatic rings. The summed E-state index contributed by atoms with van der Waals surface area (Å²) in [5, 5.41) is 0. The van der Waals surface area contributed by atoms with Crippen LogP contribution in [0.25, 0.3) is 0 Å². The van der Waals surface area contributed by atoms with E-state index in [0.717, 1.165) is 6.42 Å². The molecule has 1 heterocycles. The summed E-state index contributed by atoms with van der Waals surface area (Å²) in [6, 6.07) is 0. The summed E-state index contributed by atoms with van der Waals surface area (Å²) in [5.74, 6) is 0. The topological polar surface area (TPSA) is 27.7 Å². The van der Waals surface area contributed by atoms with Crippen LogP contribution in [0.15, 0.2) is 0 Å². The monoisotopic (exact) mass is 188 g/mol. The molecule has 1 fully saturated rings. The van der Waals surface area contributed by atoms with Crippen LogP contribution in [0.4, 0.5) is 0 Å². The van der Waals surface area contributed by atoms with Crippen LogP contribution in [0.2, 0.25) is 0 Å². The molecule has 0 spiro atoms. The molecular weight excluding hydrogens is 168 g/mol. The van der Waals surface area contributed by atoms with Gasteiger partial charge in [-0.25, -0.2) is 0 Å². The molecule has 0 unspecified atom stereocenters. The first-order valence-electron chi connectivity index (χ1n) is 4.88. The maximum Gasteiger partial charge on any atom is 0.160 e. The van der Waals surface area contributed by atoms with E-state index in [1.165, 1.54) is 0 Å². The third kappa shape index (κ3) is 4.60. The van der Waals surface area contributed by atoms with Crippen molar-refractivity contribution < 1.29 is 14.2 Å². The van der Waals surface area contributed by atoms with Gasteiger partial charge in [0, 0.05) is 6.42 Å². The summed E-state index contributed by atoms with van der Waals surface area (Å²) < 4.78 is 16.4. The Morgan fingerprint density at radius 1 is 1.38 bits per heavy atom. The lowest BCUT2D eigenvalue weighted by Gasteiger charge is -2.20. The van der Waals surface area contributed by atoms with Gasteiger partial charge in [0.25, 0.3) is 0 Å². The number of rotatable bonds is 3. The predicted octanol–water partition coefficient (Wildman–Crippen LogP) is 1.95. The minimum Gasteiger partial charge on any atom is -0.376 e. The summed E-state index contributed by atoms with van der Waals surface area (Å²) in [4.78, 5) is 0. The highest BCUT2D eigenvalue weighted by atomic mass is 16.7. The standard InChI is InChI=1S/C10H20O3/c1-8-7-11-9(13-8)5-6-12-10(2,3)4/h8-9H,5-7H2,1-4H3/t8-,9+/m0/s1. The van der Waals surface area contributed by atoms with E-state index in [1.54, 1.807) is 0 Å². The van der Waals surface area contributed by atoms with Crippen LogP contribution in [0.1, 0.15) is 34.1 Å². The second-order valence-corrected chi connectivity index (χ2v) is 4.46. The van der Waals surface area contributed by atoms with E-state index >= 15 is 0 Å². The molecule has 0 N–H and O–H groups in total. The highest BCUT2D eigenvalue weighted by Crippen LogP contribution is 2.15. The molecule has 0 aliphatic carbocycles. The van der Waals surface area contributed by atoms with Crippen molar-refractivity contribution in [3.05, 3.63) is 0 Å².